The Balaban J connectivity index is 3.33. The summed E-state index contributed by atoms with van der Waals surface area (Å²) >= 11 is 0. The minimum atomic E-state index is -4.56. The molecule has 5 nitrogen and oxygen atoms in total. The van der Waals surface area contributed by atoms with Crippen LogP contribution in [0.4, 0.5) is 19.0 Å². The molecule has 0 unspecified atom stereocenters. The highest BCUT2D eigenvalue weighted by Crippen LogP contribution is 2.31. The molecular weight excluding hydrogens is 273 g/mol. The largest absolute Gasteiger partial charge is 0.433 e. The molecule has 1 aromatic rings. The monoisotopic (exact) mass is 290 g/mol. The fraction of sp³-hybridized carbons (Fsp3) is 0.500. The Morgan fingerprint density at radius 1 is 1.40 bits per heavy atom. The van der Waals surface area contributed by atoms with E-state index in [0.29, 0.717) is 5.56 Å². The van der Waals surface area contributed by atoms with Gasteiger partial charge in [0.05, 0.1) is 6.54 Å². The van der Waals surface area contributed by atoms with E-state index in [9.17, 15) is 18.0 Å². The number of halogens is 3. The van der Waals surface area contributed by atoms with E-state index in [4.69, 9.17) is 11.5 Å². The van der Waals surface area contributed by atoms with Gasteiger partial charge < -0.3 is 16.4 Å². The molecule has 0 spiro atoms. The number of nitrogens with two attached hydrogens (primary N) is 2. The van der Waals surface area contributed by atoms with Gasteiger partial charge in [-0.05, 0) is 19.9 Å². The minimum absolute atomic E-state index is 0.0163. The van der Waals surface area contributed by atoms with E-state index in [1.807, 2.05) is 0 Å². The van der Waals surface area contributed by atoms with Gasteiger partial charge in [-0.25, -0.2) is 4.98 Å². The predicted molar refractivity (Wildman–Crippen MR) is 68.8 cm³/mol. The SMILES string of the molecule is CC(C)N(CC(N)=O)c1nc(C(F)(F)F)ccc1CN. The van der Waals surface area contributed by atoms with Crippen molar-refractivity contribution in [2.24, 2.45) is 11.5 Å². The molecule has 0 atom stereocenters. The second kappa shape index (κ2) is 6.08. The quantitative estimate of drug-likeness (QED) is 0.855. The smallest absolute Gasteiger partial charge is 0.368 e. The molecular formula is C12H17F3N4O. The second-order valence-corrected chi connectivity index (χ2v) is 4.57. The number of rotatable bonds is 5. The van der Waals surface area contributed by atoms with Crippen LogP contribution in [0.5, 0.6) is 0 Å². The summed E-state index contributed by atoms with van der Waals surface area (Å²) in [6.45, 7) is 3.25. The number of carbonyl (C=O) groups excluding carboxylic acids is 1. The number of nitrogens with zero attached hydrogens (tertiary/aromatic N) is 2. The van der Waals surface area contributed by atoms with Crippen molar-refractivity contribution in [3.05, 3.63) is 23.4 Å². The van der Waals surface area contributed by atoms with Gasteiger partial charge in [0, 0.05) is 18.2 Å². The maximum atomic E-state index is 12.7. The number of carbonyl (C=O) groups is 1. The summed E-state index contributed by atoms with van der Waals surface area (Å²) in [5.41, 5.74) is 10.0. The number of primary amides is 1. The molecule has 1 rings (SSSR count). The van der Waals surface area contributed by atoms with Crippen LogP contribution in [0.1, 0.15) is 25.1 Å². The van der Waals surface area contributed by atoms with E-state index < -0.39 is 17.8 Å². The van der Waals surface area contributed by atoms with Crippen molar-refractivity contribution in [2.75, 3.05) is 11.4 Å². The fourth-order valence-corrected chi connectivity index (χ4v) is 1.71. The first-order chi connectivity index (χ1) is 9.16. The van der Waals surface area contributed by atoms with E-state index in [-0.39, 0.29) is 24.9 Å². The first kappa shape index (κ1) is 16.2. The number of aromatic nitrogens is 1. The second-order valence-electron chi connectivity index (χ2n) is 4.57. The number of amides is 1. The zero-order valence-corrected chi connectivity index (χ0v) is 11.2. The molecule has 112 valence electrons. The van der Waals surface area contributed by atoms with Crippen LogP contribution >= 0.6 is 0 Å². The molecule has 0 aliphatic heterocycles. The van der Waals surface area contributed by atoms with E-state index in [2.05, 4.69) is 4.98 Å². The highest BCUT2D eigenvalue weighted by Gasteiger charge is 2.33. The third-order valence-corrected chi connectivity index (χ3v) is 2.69. The summed E-state index contributed by atoms with van der Waals surface area (Å²) in [5.74, 6) is -0.614. The standard InChI is InChI=1S/C12H17F3N4O/c1-7(2)19(6-10(17)20)11-8(5-16)3-4-9(18-11)12(13,14)15/h3-4,7H,5-6,16H2,1-2H3,(H2,17,20). The molecule has 0 aromatic carbocycles. The van der Waals surface area contributed by atoms with Crippen molar-refractivity contribution in [1.82, 2.24) is 4.98 Å². The average molecular weight is 290 g/mol. The summed E-state index contributed by atoms with van der Waals surface area (Å²) in [6.07, 6.45) is -4.56. The zero-order chi connectivity index (χ0) is 15.5. The number of alkyl halides is 3. The van der Waals surface area contributed by atoms with E-state index in [1.165, 1.54) is 11.0 Å². The Labute approximate surface area is 114 Å². The lowest BCUT2D eigenvalue weighted by Crippen LogP contribution is -2.40. The maximum Gasteiger partial charge on any atom is 0.433 e. The molecule has 1 aromatic heterocycles. The zero-order valence-electron chi connectivity index (χ0n) is 11.2. The van der Waals surface area contributed by atoms with Crippen molar-refractivity contribution >= 4 is 11.7 Å². The highest BCUT2D eigenvalue weighted by atomic mass is 19.4. The van der Waals surface area contributed by atoms with Crippen LogP contribution < -0.4 is 16.4 Å². The Hall–Kier alpha value is -1.83. The molecule has 4 N–H and O–H groups in total. The molecule has 0 aliphatic carbocycles. The van der Waals surface area contributed by atoms with Gasteiger partial charge in [0.1, 0.15) is 11.5 Å². The lowest BCUT2D eigenvalue weighted by Gasteiger charge is -2.28. The molecule has 8 heteroatoms. The van der Waals surface area contributed by atoms with Crippen LogP contribution in [0.15, 0.2) is 12.1 Å². The third-order valence-electron chi connectivity index (χ3n) is 2.69. The summed E-state index contributed by atoms with van der Waals surface area (Å²) in [6, 6.07) is 1.89. The Morgan fingerprint density at radius 2 is 2.00 bits per heavy atom. The molecule has 20 heavy (non-hydrogen) atoms. The molecule has 0 bridgehead atoms. The van der Waals surface area contributed by atoms with Crippen molar-refractivity contribution in [2.45, 2.75) is 32.6 Å². The number of hydrogen-bond acceptors (Lipinski definition) is 4. The van der Waals surface area contributed by atoms with Crippen LogP contribution in [-0.4, -0.2) is 23.5 Å². The van der Waals surface area contributed by atoms with Crippen molar-refractivity contribution in [3.63, 3.8) is 0 Å². The van der Waals surface area contributed by atoms with Crippen molar-refractivity contribution in [1.29, 1.82) is 0 Å². The summed E-state index contributed by atoms with van der Waals surface area (Å²) < 4.78 is 38.2. The number of anilines is 1. The minimum Gasteiger partial charge on any atom is -0.368 e. The normalized spacial score (nSPS) is 11.8. The molecule has 0 radical (unpaired) electrons. The van der Waals surface area contributed by atoms with Crippen LogP contribution in [-0.2, 0) is 17.5 Å². The van der Waals surface area contributed by atoms with Crippen LogP contribution in [0.3, 0.4) is 0 Å². The first-order valence-corrected chi connectivity index (χ1v) is 5.99. The van der Waals surface area contributed by atoms with Gasteiger partial charge in [0.25, 0.3) is 0 Å². The van der Waals surface area contributed by atoms with E-state index in [0.717, 1.165) is 6.07 Å². The van der Waals surface area contributed by atoms with Gasteiger partial charge in [0.15, 0.2) is 0 Å². The van der Waals surface area contributed by atoms with Gasteiger partial charge >= 0.3 is 6.18 Å². The van der Waals surface area contributed by atoms with Crippen molar-refractivity contribution < 1.29 is 18.0 Å². The highest BCUT2D eigenvalue weighted by molar-refractivity contribution is 5.79. The Bertz CT molecular complexity index is 488. The molecule has 0 saturated heterocycles. The topological polar surface area (TPSA) is 85.2 Å². The Morgan fingerprint density at radius 3 is 2.40 bits per heavy atom. The molecule has 0 aliphatic rings. The van der Waals surface area contributed by atoms with Crippen LogP contribution in [0, 0.1) is 0 Å². The van der Waals surface area contributed by atoms with Gasteiger partial charge in [0.2, 0.25) is 5.91 Å². The van der Waals surface area contributed by atoms with Gasteiger partial charge in [-0.1, -0.05) is 6.07 Å². The first-order valence-electron chi connectivity index (χ1n) is 5.99. The summed E-state index contributed by atoms with van der Waals surface area (Å²) in [4.78, 5) is 16.1. The summed E-state index contributed by atoms with van der Waals surface area (Å²) in [7, 11) is 0. The van der Waals surface area contributed by atoms with E-state index in [1.54, 1.807) is 13.8 Å². The van der Waals surface area contributed by atoms with Crippen LogP contribution in [0.25, 0.3) is 0 Å². The van der Waals surface area contributed by atoms with Crippen molar-refractivity contribution in [3.8, 4) is 0 Å². The van der Waals surface area contributed by atoms with Crippen LogP contribution in [0.2, 0.25) is 0 Å². The Kier molecular flexibility index (Phi) is 4.93. The molecule has 1 amide bonds. The van der Waals surface area contributed by atoms with Gasteiger partial charge in [-0.15, -0.1) is 0 Å². The molecule has 1 heterocycles. The number of hydrogen-bond donors (Lipinski definition) is 2. The lowest BCUT2D eigenvalue weighted by atomic mass is 10.2. The number of pyridine rings is 1. The fourth-order valence-electron chi connectivity index (χ4n) is 1.71. The van der Waals surface area contributed by atoms with Gasteiger partial charge in [-0.3, -0.25) is 4.79 Å². The van der Waals surface area contributed by atoms with Gasteiger partial charge in [-0.2, -0.15) is 13.2 Å². The third kappa shape index (κ3) is 3.83. The maximum absolute atomic E-state index is 12.7. The molecule has 0 saturated carbocycles. The predicted octanol–water partition coefficient (Wildman–Crippen LogP) is 1.26. The average Bonchev–Trinajstić information content (AvgIpc) is 2.33. The molecule has 0 fully saturated rings. The lowest BCUT2D eigenvalue weighted by molar-refractivity contribution is -0.141. The van der Waals surface area contributed by atoms with E-state index >= 15 is 0 Å². The summed E-state index contributed by atoms with van der Waals surface area (Å²) in [5, 5.41) is 0.